The fraction of sp³-hybridized carbons (Fsp3) is 0.438. The molecule has 2 atom stereocenters. The summed E-state index contributed by atoms with van der Waals surface area (Å²) in [6, 6.07) is 5.90. The number of amides is 1. The molecule has 1 aromatic rings. The van der Waals surface area contributed by atoms with Gasteiger partial charge in [-0.2, -0.15) is 11.8 Å². The van der Waals surface area contributed by atoms with Gasteiger partial charge in [-0.25, -0.2) is 4.39 Å². The van der Waals surface area contributed by atoms with Crippen molar-refractivity contribution in [3.63, 3.8) is 0 Å². The van der Waals surface area contributed by atoms with Crippen LogP contribution in [0.15, 0.2) is 30.3 Å². The molecule has 0 saturated heterocycles. The lowest BCUT2D eigenvalue weighted by molar-refractivity contribution is -0.118. The van der Waals surface area contributed by atoms with Crippen LogP contribution in [0.2, 0.25) is 0 Å². The van der Waals surface area contributed by atoms with Gasteiger partial charge >= 0.3 is 0 Å². The molecular formula is C16H20FNO2S. The van der Waals surface area contributed by atoms with Crippen LogP contribution in [0.3, 0.4) is 0 Å². The predicted octanol–water partition coefficient (Wildman–Crippen LogP) is 2.60. The van der Waals surface area contributed by atoms with Gasteiger partial charge in [-0.05, 0) is 42.4 Å². The van der Waals surface area contributed by atoms with Gasteiger partial charge in [-0.1, -0.05) is 19.1 Å². The van der Waals surface area contributed by atoms with Gasteiger partial charge < -0.3 is 10.4 Å². The first-order valence-corrected chi connectivity index (χ1v) is 8.14. The van der Waals surface area contributed by atoms with E-state index in [4.69, 9.17) is 0 Å². The second-order valence-electron chi connectivity index (χ2n) is 5.19. The van der Waals surface area contributed by atoms with E-state index in [1.54, 1.807) is 30.0 Å². The van der Waals surface area contributed by atoms with Gasteiger partial charge in [0.05, 0.1) is 5.60 Å². The second kappa shape index (κ2) is 7.09. The lowest BCUT2D eigenvalue weighted by atomic mass is 9.79. The number of nitrogens with one attached hydrogen (secondary N) is 1. The number of aliphatic hydroxyl groups is 1. The minimum atomic E-state index is -0.778. The fourth-order valence-corrected chi connectivity index (χ4v) is 3.48. The van der Waals surface area contributed by atoms with E-state index in [0.717, 1.165) is 24.2 Å². The quantitative estimate of drug-likeness (QED) is 0.794. The van der Waals surface area contributed by atoms with Gasteiger partial charge in [-0.3, -0.25) is 4.79 Å². The van der Waals surface area contributed by atoms with E-state index in [9.17, 15) is 14.3 Å². The molecular weight excluding hydrogens is 289 g/mol. The van der Waals surface area contributed by atoms with Gasteiger partial charge in [-0.15, -0.1) is 0 Å². The van der Waals surface area contributed by atoms with E-state index < -0.39 is 5.60 Å². The van der Waals surface area contributed by atoms with Crippen molar-refractivity contribution < 1.29 is 14.3 Å². The van der Waals surface area contributed by atoms with Crippen molar-refractivity contribution in [2.24, 2.45) is 0 Å². The Bertz CT molecular complexity index is 518. The lowest BCUT2D eigenvalue weighted by Gasteiger charge is -2.44. The van der Waals surface area contributed by atoms with E-state index in [2.05, 4.69) is 12.2 Å². The molecule has 2 N–H and O–H groups in total. The first kappa shape index (κ1) is 16.0. The van der Waals surface area contributed by atoms with Crippen LogP contribution in [-0.2, 0) is 4.79 Å². The van der Waals surface area contributed by atoms with Crippen LogP contribution in [0.1, 0.15) is 25.3 Å². The Hall–Kier alpha value is -1.33. The molecule has 0 radical (unpaired) electrons. The Morgan fingerprint density at radius 3 is 2.81 bits per heavy atom. The molecule has 0 spiro atoms. The van der Waals surface area contributed by atoms with Crippen molar-refractivity contribution in [3.05, 3.63) is 41.7 Å². The molecule has 2 unspecified atom stereocenters. The number of hydrogen-bond acceptors (Lipinski definition) is 3. The second-order valence-corrected chi connectivity index (χ2v) is 6.67. The molecule has 0 heterocycles. The normalized spacial score (nSPS) is 24.8. The zero-order valence-corrected chi connectivity index (χ0v) is 12.8. The van der Waals surface area contributed by atoms with E-state index in [1.165, 1.54) is 18.2 Å². The van der Waals surface area contributed by atoms with Gasteiger partial charge in [0, 0.05) is 17.9 Å². The number of halogens is 1. The number of rotatable bonds is 6. The van der Waals surface area contributed by atoms with Crippen LogP contribution < -0.4 is 5.32 Å². The Balaban J connectivity index is 1.81. The van der Waals surface area contributed by atoms with Crippen LogP contribution >= 0.6 is 11.8 Å². The van der Waals surface area contributed by atoms with Crippen molar-refractivity contribution in [1.82, 2.24) is 5.32 Å². The van der Waals surface area contributed by atoms with Crippen LogP contribution in [0, 0.1) is 5.82 Å². The summed E-state index contributed by atoms with van der Waals surface area (Å²) in [5.41, 5.74) is -0.0200. The van der Waals surface area contributed by atoms with E-state index >= 15 is 0 Å². The molecule has 1 aliphatic carbocycles. The molecule has 114 valence electrons. The Morgan fingerprint density at radius 1 is 1.52 bits per heavy atom. The summed E-state index contributed by atoms with van der Waals surface area (Å²) < 4.78 is 12.7. The molecule has 1 aliphatic rings. The van der Waals surface area contributed by atoms with Gasteiger partial charge in [0.1, 0.15) is 5.82 Å². The van der Waals surface area contributed by atoms with Crippen LogP contribution in [-0.4, -0.2) is 34.2 Å². The highest BCUT2D eigenvalue weighted by Crippen LogP contribution is 2.40. The van der Waals surface area contributed by atoms with Crippen molar-refractivity contribution >= 4 is 23.7 Å². The molecule has 0 bridgehead atoms. The highest BCUT2D eigenvalue weighted by atomic mass is 32.2. The van der Waals surface area contributed by atoms with Crippen molar-refractivity contribution in [1.29, 1.82) is 0 Å². The molecule has 1 aromatic carbocycles. The highest BCUT2D eigenvalue weighted by Gasteiger charge is 2.45. The summed E-state index contributed by atoms with van der Waals surface area (Å²) in [5.74, 6) is 0.411. The molecule has 0 aliphatic heterocycles. The van der Waals surface area contributed by atoms with Crippen LogP contribution in [0.5, 0.6) is 0 Å². The molecule has 1 saturated carbocycles. The third-order valence-electron chi connectivity index (χ3n) is 3.67. The standard InChI is InChI=1S/C16H20FNO2S/c1-2-21-14-9-10-16(14,20)11-18-15(19)8-5-12-3-6-13(17)7-4-12/h3-8,14,20H,2,9-11H2,1H3,(H,18,19)/b8-5+. The van der Waals surface area contributed by atoms with Gasteiger partial charge in [0.25, 0.3) is 0 Å². The van der Waals surface area contributed by atoms with Gasteiger partial charge in [0.2, 0.25) is 5.91 Å². The van der Waals surface area contributed by atoms with Crippen LogP contribution in [0.4, 0.5) is 4.39 Å². The lowest BCUT2D eigenvalue weighted by Crippen LogP contribution is -2.56. The zero-order valence-electron chi connectivity index (χ0n) is 12.0. The Labute approximate surface area is 128 Å². The minimum absolute atomic E-state index is 0.212. The fourth-order valence-electron chi connectivity index (χ4n) is 2.28. The van der Waals surface area contributed by atoms with E-state index in [1.807, 2.05) is 0 Å². The van der Waals surface area contributed by atoms with Gasteiger partial charge in [0.15, 0.2) is 0 Å². The summed E-state index contributed by atoms with van der Waals surface area (Å²) in [4.78, 5) is 11.7. The monoisotopic (exact) mass is 309 g/mol. The topological polar surface area (TPSA) is 49.3 Å². The first-order chi connectivity index (χ1) is 10.0. The maximum Gasteiger partial charge on any atom is 0.244 e. The highest BCUT2D eigenvalue weighted by molar-refractivity contribution is 8.00. The summed E-state index contributed by atoms with van der Waals surface area (Å²) in [6.07, 6.45) is 4.75. The smallest absolute Gasteiger partial charge is 0.244 e. The molecule has 1 fully saturated rings. The minimum Gasteiger partial charge on any atom is -0.387 e. The van der Waals surface area contributed by atoms with E-state index in [0.29, 0.717) is 0 Å². The maximum absolute atomic E-state index is 12.7. The summed E-state index contributed by atoms with van der Waals surface area (Å²) in [5, 5.41) is 13.3. The Morgan fingerprint density at radius 2 is 2.24 bits per heavy atom. The third kappa shape index (κ3) is 4.32. The van der Waals surface area contributed by atoms with Crippen molar-refractivity contribution in [2.75, 3.05) is 12.3 Å². The summed E-state index contributed by atoms with van der Waals surface area (Å²) in [7, 11) is 0. The molecule has 21 heavy (non-hydrogen) atoms. The molecule has 2 rings (SSSR count). The number of hydrogen-bond donors (Lipinski definition) is 2. The molecule has 3 nitrogen and oxygen atoms in total. The summed E-state index contributed by atoms with van der Waals surface area (Å²) >= 11 is 1.73. The third-order valence-corrected chi connectivity index (χ3v) is 5.08. The average Bonchev–Trinajstić information content (AvgIpc) is 2.48. The number of carbonyl (C=O) groups excluding carboxylic acids is 1. The van der Waals surface area contributed by atoms with Crippen molar-refractivity contribution in [3.8, 4) is 0 Å². The predicted molar refractivity (Wildman–Crippen MR) is 84.5 cm³/mol. The summed E-state index contributed by atoms with van der Waals surface area (Å²) in [6.45, 7) is 2.34. The number of benzene rings is 1. The average molecular weight is 309 g/mol. The van der Waals surface area contributed by atoms with Crippen molar-refractivity contribution in [2.45, 2.75) is 30.6 Å². The largest absolute Gasteiger partial charge is 0.387 e. The number of carbonyl (C=O) groups is 1. The molecule has 0 aromatic heterocycles. The Kier molecular flexibility index (Phi) is 5.42. The molecule has 1 amide bonds. The maximum atomic E-state index is 12.7. The molecule has 5 heteroatoms. The number of thioether (sulfide) groups is 1. The SMILES string of the molecule is CCSC1CCC1(O)CNC(=O)/C=C/c1ccc(F)cc1. The zero-order chi connectivity index (χ0) is 15.3. The van der Waals surface area contributed by atoms with E-state index in [-0.39, 0.29) is 23.5 Å². The first-order valence-electron chi connectivity index (χ1n) is 7.09. The van der Waals surface area contributed by atoms with Crippen LogP contribution in [0.25, 0.3) is 6.08 Å².